The number of aryl methyl sites for hydroxylation is 1. The van der Waals surface area contributed by atoms with Crippen molar-refractivity contribution in [1.82, 2.24) is 5.16 Å². The zero-order valence-corrected chi connectivity index (χ0v) is 21.3. The molecule has 1 aromatic heterocycles. The molecule has 0 unspecified atom stereocenters. The fourth-order valence-electron chi connectivity index (χ4n) is 4.21. The number of hydrogen-bond donors (Lipinski definition) is 2. The minimum Gasteiger partial charge on any atom is -0.481 e. The van der Waals surface area contributed by atoms with E-state index in [9.17, 15) is 14.7 Å². The van der Waals surface area contributed by atoms with Crippen LogP contribution in [-0.4, -0.2) is 28.9 Å². The number of carboxylic acid groups (broad SMARTS) is 1. The molecule has 1 heterocycles. The molecule has 1 saturated carbocycles. The Labute approximate surface area is 224 Å². The van der Waals surface area contributed by atoms with E-state index in [4.69, 9.17) is 25.6 Å². The highest BCUT2D eigenvalue weighted by atomic mass is 35.5. The lowest BCUT2D eigenvalue weighted by atomic mass is 9.96. The van der Waals surface area contributed by atoms with Crippen molar-refractivity contribution in [2.75, 3.05) is 11.9 Å². The maximum absolute atomic E-state index is 12.4. The molecule has 2 N–H and O–H groups in total. The largest absolute Gasteiger partial charge is 0.481 e. The normalized spacial score (nSPS) is 13.5. The van der Waals surface area contributed by atoms with E-state index in [0.29, 0.717) is 58.5 Å². The van der Waals surface area contributed by atoms with Crippen LogP contribution in [0.4, 0.5) is 10.5 Å². The minimum absolute atomic E-state index is 0.166. The molecule has 194 valence electrons. The maximum atomic E-state index is 12.4. The SMILES string of the molecule is Cc1noc(-c2ccc(Oc3ccc(C4(C(=O)O)CC4)cc3)cc2)c1NC(=O)OCCc1ccccc1Cl. The first-order chi connectivity index (χ1) is 18.4. The summed E-state index contributed by atoms with van der Waals surface area (Å²) in [5.41, 5.74) is 2.56. The first-order valence-electron chi connectivity index (χ1n) is 12.1. The standard InChI is InChI=1S/C29H25ClN2O6/c1-18-25(31-28(35)36-17-14-19-4-2-3-5-24(19)30)26(38-32-18)20-6-10-22(11-7-20)37-23-12-8-21(9-13-23)29(15-16-29)27(33)34/h2-13H,14-17H2,1H3,(H,31,35)(H,33,34). The van der Waals surface area contributed by atoms with E-state index in [-0.39, 0.29) is 6.61 Å². The maximum Gasteiger partial charge on any atom is 0.411 e. The minimum atomic E-state index is -0.788. The van der Waals surface area contributed by atoms with Gasteiger partial charge in [-0.05, 0) is 73.4 Å². The van der Waals surface area contributed by atoms with Gasteiger partial charge in [0.15, 0.2) is 5.76 Å². The molecule has 4 aromatic rings. The van der Waals surface area contributed by atoms with E-state index in [1.54, 1.807) is 61.5 Å². The van der Waals surface area contributed by atoms with Crippen molar-refractivity contribution in [2.24, 2.45) is 0 Å². The quantitative estimate of drug-likeness (QED) is 0.238. The van der Waals surface area contributed by atoms with Gasteiger partial charge >= 0.3 is 12.1 Å². The van der Waals surface area contributed by atoms with Crippen LogP contribution < -0.4 is 10.1 Å². The Morgan fingerprint density at radius 2 is 1.68 bits per heavy atom. The molecular weight excluding hydrogens is 508 g/mol. The third kappa shape index (κ3) is 5.35. The molecule has 1 fully saturated rings. The number of rotatable bonds is 9. The molecule has 0 atom stereocenters. The lowest BCUT2D eigenvalue weighted by Crippen LogP contribution is -2.19. The monoisotopic (exact) mass is 532 g/mol. The van der Waals surface area contributed by atoms with Gasteiger partial charge in [0.2, 0.25) is 0 Å². The Morgan fingerprint density at radius 1 is 1.03 bits per heavy atom. The topological polar surface area (TPSA) is 111 Å². The van der Waals surface area contributed by atoms with Gasteiger partial charge in [-0.1, -0.05) is 47.1 Å². The first kappa shape index (κ1) is 25.4. The van der Waals surface area contributed by atoms with Gasteiger partial charge in [-0.25, -0.2) is 4.79 Å². The van der Waals surface area contributed by atoms with Crippen LogP contribution in [0.3, 0.4) is 0 Å². The summed E-state index contributed by atoms with van der Waals surface area (Å²) in [6.07, 6.45) is 1.18. The summed E-state index contributed by atoms with van der Waals surface area (Å²) in [5, 5.41) is 16.8. The molecule has 1 aliphatic carbocycles. The average molecular weight is 533 g/mol. The number of carbonyl (C=O) groups excluding carboxylic acids is 1. The number of anilines is 1. The molecule has 1 amide bonds. The molecule has 3 aromatic carbocycles. The highest BCUT2D eigenvalue weighted by Crippen LogP contribution is 2.48. The van der Waals surface area contributed by atoms with Crippen molar-refractivity contribution >= 4 is 29.4 Å². The number of carboxylic acids is 1. The number of aromatic nitrogens is 1. The summed E-state index contributed by atoms with van der Waals surface area (Å²) in [4.78, 5) is 23.9. The Bertz CT molecular complexity index is 1460. The van der Waals surface area contributed by atoms with Crippen LogP contribution in [0.15, 0.2) is 77.3 Å². The summed E-state index contributed by atoms with van der Waals surface area (Å²) in [6.45, 7) is 1.89. The zero-order valence-electron chi connectivity index (χ0n) is 20.6. The summed E-state index contributed by atoms with van der Waals surface area (Å²) in [7, 11) is 0. The molecule has 0 radical (unpaired) electrons. The Kier molecular flexibility index (Phi) is 7.07. The second kappa shape index (κ2) is 10.6. The van der Waals surface area contributed by atoms with Crippen molar-refractivity contribution in [1.29, 1.82) is 0 Å². The molecule has 0 bridgehead atoms. The fourth-order valence-corrected chi connectivity index (χ4v) is 4.44. The summed E-state index contributed by atoms with van der Waals surface area (Å²) < 4.78 is 16.7. The molecule has 5 rings (SSSR count). The number of carbonyl (C=O) groups is 2. The number of halogens is 1. The molecule has 9 heteroatoms. The molecular formula is C29H25ClN2O6. The second-order valence-electron chi connectivity index (χ2n) is 9.11. The number of benzene rings is 3. The molecule has 8 nitrogen and oxygen atoms in total. The van der Waals surface area contributed by atoms with Crippen molar-refractivity contribution in [3.63, 3.8) is 0 Å². The van der Waals surface area contributed by atoms with Gasteiger partial charge in [0.25, 0.3) is 0 Å². The third-order valence-electron chi connectivity index (χ3n) is 6.57. The molecule has 38 heavy (non-hydrogen) atoms. The Morgan fingerprint density at radius 3 is 2.32 bits per heavy atom. The van der Waals surface area contributed by atoms with E-state index in [1.165, 1.54) is 0 Å². The predicted octanol–water partition coefficient (Wildman–Crippen LogP) is 7.00. The zero-order chi connectivity index (χ0) is 26.7. The van der Waals surface area contributed by atoms with Crippen LogP contribution >= 0.6 is 11.6 Å². The van der Waals surface area contributed by atoms with E-state index in [0.717, 1.165) is 11.1 Å². The summed E-state index contributed by atoms with van der Waals surface area (Å²) >= 11 is 6.15. The first-order valence-corrected chi connectivity index (χ1v) is 12.5. The van der Waals surface area contributed by atoms with E-state index >= 15 is 0 Å². The smallest absolute Gasteiger partial charge is 0.411 e. The number of hydrogen-bond acceptors (Lipinski definition) is 6. The number of nitrogens with zero attached hydrogens (tertiary/aromatic N) is 1. The predicted molar refractivity (Wildman–Crippen MR) is 142 cm³/mol. The third-order valence-corrected chi connectivity index (χ3v) is 6.94. The van der Waals surface area contributed by atoms with Gasteiger partial charge in [0.05, 0.1) is 12.0 Å². The highest BCUT2D eigenvalue weighted by molar-refractivity contribution is 6.31. The number of nitrogens with one attached hydrogen (secondary N) is 1. The Balaban J connectivity index is 1.20. The van der Waals surface area contributed by atoms with Crippen molar-refractivity contribution in [3.05, 3.63) is 94.6 Å². The van der Waals surface area contributed by atoms with Gasteiger partial charge in [0.1, 0.15) is 22.9 Å². The lowest BCUT2D eigenvalue weighted by Gasteiger charge is -2.12. The second-order valence-corrected chi connectivity index (χ2v) is 9.52. The van der Waals surface area contributed by atoms with E-state index in [2.05, 4.69) is 10.5 Å². The summed E-state index contributed by atoms with van der Waals surface area (Å²) in [5.74, 6) is 0.791. The fraction of sp³-hybridized carbons (Fsp3) is 0.207. The van der Waals surface area contributed by atoms with Crippen molar-refractivity contribution < 1.29 is 28.7 Å². The highest BCUT2D eigenvalue weighted by Gasteiger charge is 2.51. The van der Waals surface area contributed by atoms with E-state index in [1.807, 2.05) is 18.2 Å². The molecule has 1 aliphatic rings. The van der Waals surface area contributed by atoms with Crippen molar-refractivity contribution in [2.45, 2.75) is 31.6 Å². The van der Waals surface area contributed by atoms with Crippen LogP contribution in [0.2, 0.25) is 5.02 Å². The van der Waals surface area contributed by atoms with Crippen LogP contribution in [-0.2, 0) is 21.4 Å². The Hall–Kier alpha value is -4.30. The van der Waals surface area contributed by atoms with Crippen LogP contribution in [0, 0.1) is 6.92 Å². The lowest BCUT2D eigenvalue weighted by molar-refractivity contribution is -0.140. The number of amides is 1. The number of ether oxygens (including phenoxy) is 2. The van der Waals surface area contributed by atoms with E-state index < -0.39 is 17.5 Å². The van der Waals surface area contributed by atoms with Crippen LogP contribution in [0.1, 0.15) is 29.7 Å². The average Bonchev–Trinajstić information content (AvgIpc) is 3.66. The molecule has 0 aliphatic heterocycles. The molecule has 0 saturated heterocycles. The van der Waals surface area contributed by atoms with Gasteiger partial charge in [0, 0.05) is 17.0 Å². The van der Waals surface area contributed by atoms with Gasteiger partial charge in [-0.2, -0.15) is 0 Å². The van der Waals surface area contributed by atoms with Crippen LogP contribution in [0.25, 0.3) is 11.3 Å². The summed E-state index contributed by atoms with van der Waals surface area (Å²) in [6, 6.07) is 21.7. The molecule has 0 spiro atoms. The van der Waals surface area contributed by atoms with Crippen molar-refractivity contribution in [3.8, 4) is 22.8 Å². The number of aliphatic carboxylic acids is 1. The van der Waals surface area contributed by atoms with Gasteiger partial charge in [-0.3, -0.25) is 10.1 Å². The van der Waals surface area contributed by atoms with Gasteiger partial charge in [-0.15, -0.1) is 0 Å². The van der Waals surface area contributed by atoms with Crippen LogP contribution in [0.5, 0.6) is 11.5 Å². The van der Waals surface area contributed by atoms with Gasteiger partial charge < -0.3 is 19.1 Å².